The molecule has 3 heteroatoms. The predicted octanol–water partition coefficient (Wildman–Crippen LogP) is 2.93. The molecule has 0 saturated heterocycles. The molecule has 0 aromatic carbocycles. The molecule has 0 aromatic heterocycles. The van der Waals surface area contributed by atoms with Crippen LogP contribution in [0.15, 0.2) is 0 Å². The standard InChI is InChI=1S/C17H30N2O/c1-11(2)19(15-7-4-8-15)17(20)14-9-12-5-3-6-13(10-14)16(12)18/h11-16H,3-10,18H2,1-2H3. The number of hydrogen-bond acceptors (Lipinski definition) is 2. The Bertz CT molecular complexity index is 350. The molecular formula is C17H30N2O. The number of rotatable bonds is 3. The molecule has 0 heterocycles. The van der Waals surface area contributed by atoms with Gasteiger partial charge in [-0.3, -0.25) is 4.79 Å². The minimum absolute atomic E-state index is 0.258. The molecule has 114 valence electrons. The van der Waals surface area contributed by atoms with Crippen molar-refractivity contribution in [2.75, 3.05) is 0 Å². The molecule has 2 atom stereocenters. The largest absolute Gasteiger partial charge is 0.337 e. The Morgan fingerprint density at radius 3 is 2.05 bits per heavy atom. The van der Waals surface area contributed by atoms with Crippen molar-refractivity contribution in [3.05, 3.63) is 0 Å². The van der Waals surface area contributed by atoms with Gasteiger partial charge in [-0.15, -0.1) is 0 Å². The van der Waals surface area contributed by atoms with Gasteiger partial charge in [0, 0.05) is 24.0 Å². The van der Waals surface area contributed by atoms with E-state index in [9.17, 15) is 4.79 Å². The maximum absolute atomic E-state index is 13.0. The summed E-state index contributed by atoms with van der Waals surface area (Å²) >= 11 is 0. The summed E-state index contributed by atoms with van der Waals surface area (Å²) in [6.07, 6.45) is 9.62. The summed E-state index contributed by atoms with van der Waals surface area (Å²) in [5.41, 5.74) is 6.35. The highest BCUT2D eigenvalue weighted by Gasteiger charge is 2.43. The molecule has 3 saturated carbocycles. The third kappa shape index (κ3) is 2.49. The van der Waals surface area contributed by atoms with Gasteiger partial charge in [0.25, 0.3) is 0 Å². The van der Waals surface area contributed by atoms with Crippen LogP contribution in [0.2, 0.25) is 0 Å². The van der Waals surface area contributed by atoms with Crippen molar-refractivity contribution in [3.8, 4) is 0 Å². The maximum atomic E-state index is 13.0. The lowest BCUT2D eigenvalue weighted by Gasteiger charge is -2.47. The van der Waals surface area contributed by atoms with Crippen LogP contribution in [0.1, 0.15) is 65.2 Å². The number of nitrogens with two attached hydrogens (primary N) is 1. The highest BCUT2D eigenvalue weighted by atomic mass is 16.2. The van der Waals surface area contributed by atoms with Crippen LogP contribution in [0.4, 0.5) is 0 Å². The van der Waals surface area contributed by atoms with Gasteiger partial charge in [0.15, 0.2) is 0 Å². The van der Waals surface area contributed by atoms with Crippen LogP contribution in [0.5, 0.6) is 0 Å². The van der Waals surface area contributed by atoms with Gasteiger partial charge >= 0.3 is 0 Å². The SMILES string of the molecule is CC(C)N(C(=O)C1CC2CCCC(C1)C2N)C1CCC1. The minimum atomic E-state index is 0.258. The van der Waals surface area contributed by atoms with Crippen molar-refractivity contribution in [1.82, 2.24) is 4.90 Å². The Morgan fingerprint density at radius 1 is 1.05 bits per heavy atom. The Balaban J connectivity index is 1.70. The summed E-state index contributed by atoms with van der Waals surface area (Å²) in [7, 11) is 0. The first-order valence-electron chi connectivity index (χ1n) is 8.65. The van der Waals surface area contributed by atoms with Crippen molar-refractivity contribution < 1.29 is 4.79 Å². The van der Waals surface area contributed by atoms with E-state index in [0.29, 0.717) is 35.9 Å². The van der Waals surface area contributed by atoms with Gasteiger partial charge in [-0.1, -0.05) is 6.42 Å². The fraction of sp³-hybridized carbons (Fsp3) is 0.941. The Labute approximate surface area is 123 Å². The number of fused-ring (bicyclic) bond motifs is 2. The number of nitrogens with zero attached hydrogens (tertiary/aromatic N) is 1. The Kier molecular flexibility index (Phi) is 4.07. The molecule has 2 bridgehead atoms. The number of hydrogen-bond donors (Lipinski definition) is 1. The van der Waals surface area contributed by atoms with E-state index in [-0.39, 0.29) is 5.92 Å². The zero-order chi connectivity index (χ0) is 14.3. The fourth-order valence-corrected chi connectivity index (χ4v) is 4.72. The zero-order valence-electron chi connectivity index (χ0n) is 13.1. The van der Waals surface area contributed by atoms with E-state index in [1.54, 1.807) is 0 Å². The molecule has 2 N–H and O–H groups in total. The molecule has 3 aliphatic carbocycles. The highest BCUT2D eigenvalue weighted by Crippen LogP contribution is 2.43. The van der Waals surface area contributed by atoms with Gasteiger partial charge in [0.1, 0.15) is 0 Å². The average Bonchev–Trinajstić information content (AvgIpc) is 2.32. The van der Waals surface area contributed by atoms with E-state index in [0.717, 1.165) is 12.8 Å². The van der Waals surface area contributed by atoms with Gasteiger partial charge in [-0.25, -0.2) is 0 Å². The maximum Gasteiger partial charge on any atom is 0.226 e. The van der Waals surface area contributed by atoms with Gasteiger partial charge < -0.3 is 10.6 Å². The van der Waals surface area contributed by atoms with Crippen molar-refractivity contribution >= 4 is 5.91 Å². The molecule has 3 nitrogen and oxygen atoms in total. The Hall–Kier alpha value is -0.570. The van der Waals surface area contributed by atoms with Crippen LogP contribution in [-0.4, -0.2) is 28.9 Å². The molecule has 0 radical (unpaired) electrons. The van der Waals surface area contributed by atoms with E-state index in [4.69, 9.17) is 5.73 Å². The first-order chi connectivity index (χ1) is 9.58. The van der Waals surface area contributed by atoms with Gasteiger partial charge in [0.05, 0.1) is 0 Å². The van der Waals surface area contributed by atoms with Crippen LogP contribution in [0.3, 0.4) is 0 Å². The van der Waals surface area contributed by atoms with Crippen LogP contribution in [-0.2, 0) is 4.79 Å². The first-order valence-corrected chi connectivity index (χ1v) is 8.65. The van der Waals surface area contributed by atoms with E-state index >= 15 is 0 Å². The summed E-state index contributed by atoms with van der Waals surface area (Å²) < 4.78 is 0. The molecule has 0 aliphatic heterocycles. The Morgan fingerprint density at radius 2 is 1.60 bits per heavy atom. The van der Waals surface area contributed by atoms with E-state index in [1.165, 1.54) is 38.5 Å². The van der Waals surface area contributed by atoms with Gasteiger partial charge in [0.2, 0.25) is 5.91 Å². The monoisotopic (exact) mass is 278 g/mol. The molecule has 3 rings (SSSR count). The second-order valence-electron chi connectivity index (χ2n) is 7.62. The van der Waals surface area contributed by atoms with Gasteiger partial charge in [-0.2, -0.15) is 0 Å². The van der Waals surface area contributed by atoms with Gasteiger partial charge in [-0.05, 0) is 70.6 Å². The molecule has 3 fully saturated rings. The molecule has 3 aliphatic rings. The molecule has 20 heavy (non-hydrogen) atoms. The van der Waals surface area contributed by atoms with Crippen molar-refractivity contribution in [1.29, 1.82) is 0 Å². The third-order valence-corrected chi connectivity index (χ3v) is 6.04. The summed E-state index contributed by atoms with van der Waals surface area (Å²) in [5, 5.41) is 0. The molecule has 1 amide bonds. The summed E-state index contributed by atoms with van der Waals surface area (Å²) in [4.78, 5) is 15.2. The smallest absolute Gasteiger partial charge is 0.226 e. The van der Waals surface area contributed by atoms with E-state index in [2.05, 4.69) is 18.7 Å². The summed E-state index contributed by atoms with van der Waals surface area (Å²) in [6.45, 7) is 4.34. The topological polar surface area (TPSA) is 46.3 Å². The van der Waals surface area contributed by atoms with E-state index in [1.807, 2.05) is 0 Å². The number of carbonyl (C=O) groups excluding carboxylic acids is 1. The van der Waals surface area contributed by atoms with Crippen molar-refractivity contribution in [2.24, 2.45) is 23.5 Å². The number of carbonyl (C=O) groups is 1. The zero-order valence-corrected chi connectivity index (χ0v) is 13.1. The second kappa shape index (κ2) is 5.67. The fourth-order valence-electron chi connectivity index (χ4n) is 4.72. The van der Waals surface area contributed by atoms with Crippen LogP contribution < -0.4 is 5.73 Å². The second-order valence-corrected chi connectivity index (χ2v) is 7.62. The molecule has 2 unspecified atom stereocenters. The summed E-state index contributed by atoms with van der Waals surface area (Å²) in [5.74, 6) is 1.90. The quantitative estimate of drug-likeness (QED) is 0.863. The van der Waals surface area contributed by atoms with Crippen LogP contribution in [0, 0.1) is 17.8 Å². The third-order valence-electron chi connectivity index (χ3n) is 6.04. The predicted molar refractivity (Wildman–Crippen MR) is 81.2 cm³/mol. The average molecular weight is 278 g/mol. The normalized spacial score (nSPS) is 37.6. The van der Waals surface area contributed by atoms with E-state index < -0.39 is 0 Å². The number of amides is 1. The van der Waals surface area contributed by atoms with Crippen LogP contribution in [0.25, 0.3) is 0 Å². The van der Waals surface area contributed by atoms with Crippen molar-refractivity contribution in [3.63, 3.8) is 0 Å². The molecule has 0 aromatic rings. The van der Waals surface area contributed by atoms with Crippen LogP contribution >= 0.6 is 0 Å². The minimum Gasteiger partial charge on any atom is -0.337 e. The lowest BCUT2D eigenvalue weighted by atomic mass is 9.64. The molecular weight excluding hydrogens is 248 g/mol. The highest BCUT2D eigenvalue weighted by molar-refractivity contribution is 5.79. The lowest BCUT2D eigenvalue weighted by Crippen LogP contribution is -2.54. The van der Waals surface area contributed by atoms with Crippen molar-refractivity contribution in [2.45, 2.75) is 83.3 Å². The lowest BCUT2D eigenvalue weighted by molar-refractivity contribution is -0.145. The first kappa shape index (κ1) is 14.4. The summed E-state index contributed by atoms with van der Waals surface area (Å²) in [6, 6.07) is 1.24. The molecule has 0 spiro atoms.